The van der Waals surface area contributed by atoms with Crippen LogP contribution in [0.3, 0.4) is 0 Å². The Labute approximate surface area is 137 Å². The smallest absolute Gasteiger partial charge is 0.0410 e. The molecule has 2 rings (SSSR count). The zero-order valence-corrected chi connectivity index (χ0v) is 14.6. The van der Waals surface area contributed by atoms with Crippen LogP contribution in [0.5, 0.6) is 0 Å². The third-order valence-corrected chi connectivity index (χ3v) is 4.02. The molecule has 0 amide bonds. The highest BCUT2D eigenvalue weighted by Crippen LogP contribution is 2.22. The van der Waals surface area contributed by atoms with Gasteiger partial charge in [0.05, 0.1) is 0 Å². The van der Waals surface area contributed by atoms with Crippen LogP contribution in [0.2, 0.25) is 0 Å². The Morgan fingerprint density at radius 2 is 2.00 bits per heavy atom. The molecule has 0 aliphatic rings. The highest BCUT2D eigenvalue weighted by molar-refractivity contribution is 9.10. The average molecular weight is 398 g/mol. The van der Waals surface area contributed by atoms with Crippen LogP contribution in [0.4, 0.5) is 0 Å². The fourth-order valence-electron chi connectivity index (χ4n) is 2.14. The molecule has 106 valence electrons. The molecule has 1 N–H and O–H groups in total. The molecule has 1 atom stereocenters. The summed E-state index contributed by atoms with van der Waals surface area (Å²) in [4.78, 5) is 4.28. The molecule has 1 unspecified atom stereocenters. The Morgan fingerprint density at radius 1 is 1.15 bits per heavy atom. The molecule has 2 aromatic rings. The number of nitrogens with zero attached hydrogens (tertiary/aromatic N) is 1. The zero-order chi connectivity index (χ0) is 14.4. The maximum absolute atomic E-state index is 4.28. The number of aromatic nitrogens is 1. The quantitative estimate of drug-likeness (QED) is 0.750. The van der Waals surface area contributed by atoms with E-state index in [9.17, 15) is 0 Å². The van der Waals surface area contributed by atoms with E-state index in [1.165, 1.54) is 11.1 Å². The first-order valence-electron chi connectivity index (χ1n) is 6.77. The monoisotopic (exact) mass is 396 g/mol. The normalized spacial score (nSPS) is 12.3. The summed E-state index contributed by atoms with van der Waals surface area (Å²) >= 11 is 7.03. The molecular weight excluding hydrogens is 380 g/mol. The third kappa shape index (κ3) is 4.69. The molecule has 20 heavy (non-hydrogen) atoms. The van der Waals surface area contributed by atoms with E-state index in [1.807, 2.05) is 12.4 Å². The predicted octanol–water partition coefficient (Wildman–Crippen LogP) is 4.89. The van der Waals surface area contributed by atoms with Crippen molar-refractivity contribution in [2.24, 2.45) is 0 Å². The molecule has 0 saturated heterocycles. The number of pyridine rings is 1. The van der Waals surface area contributed by atoms with Crippen molar-refractivity contribution < 1.29 is 0 Å². The maximum Gasteiger partial charge on any atom is 0.0410 e. The van der Waals surface area contributed by atoms with Crippen molar-refractivity contribution in [3.63, 3.8) is 0 Å². The molecule has 4 heteroatoms. The summed E-state index contributed by atoms with van der Waals surface area (Å²) in [5.74, 6) is 0. The lowest BCUT2D eigenvalue weighted by molar-refractivity contribution is 0.527. The summed E-state index contributed by atoms with van der Waals surface area (Å²) in [6, 6.07) is 10.9. The second-order valence-corrected chi connectivity index (χ2v) is 6.61. The van der Waals surface area contributed by atoms with Gasteiger partial charge in [0, 0.05) is 27.4 Å². The number of halogens is 2. The van der Waals surface area contributed by atoms with Crippen molar-refractivity contribution in [3.05, 3.63) is 62.8 Å². The number of nitrogens with one attached hydrogen (secondary N) is 1. The lowest BCUT2D eigenvalue weighted by Gasteiger charge is -2.19. The van der Waals surface area contributed by atoms with Gasteiger partial charge >= 0.3 is 0 Å². The van der Waals surface area contributed by atoms with Gasteiger partial charge in [-0.05, 0) is 64.6 Å². The predicted molar refractivity (Wildman–Crippen MR) is 90.8 cm³/mol. The van der Waals surface area contributed by atoms with Crippen LogP contribution in [0, 0.1) is 0 Å². The van der Waals surface area contributed by atoms with Gasteiger partial charge in [0.25, 0.3) is 0 Å². The Bertz CT molecular complexity index is 558. The largest absolute Gasteiger partial charge is 0.310 e. The molecule has 1 aromatic heterocycles. The number of hydrogen-bond acceptors (Lipinski definition) is 2. The molecular formula is C16H18Br2N2. The zero-order valence-electron chi connectivity index (χ0n) is 11.4. The van der Waals surface area contributed by atoms with Crippen LogP contribution >= 0.6 is 31.9 Å². The van der Waals surface area contributed by atoms with Gasteiger partial charge in [-0.15, -0.1) is 0 Å². The second kappa shape index (κ2) is 7.91. The minimum absolute atomic E-state index is 0.286. The van der Waals surface area contributed by atoms with Crippen molar-refractivity contribution in [2.75, 3.05) is 6.54 Å². The molecule has 0 saturated carbocycles. The van der Waals surface area contributed by atoms with Gasteiger partial charge in [-0.25, -0.2) is 0 Å². The van der Waals surface area contributed by atoms with Crippen molar-refractivity contribution in [1.82, 2.24) is 10.3 Å². The molecule has 0 spiro atoms. The van der Waals surface area contributed by atoms with E-state index in [-0.39, 0.29) is 6.04 Å². The summed E-state index contributed by atoms with van der Waals surface area (Å²) in [6.07, 6.45) is 5.84. The van der Waals surface area contributed by atoms with E-state index in [1.54, 1.807) is 0 Å². The van der Waals surface area contributed by atoms with E-state index in [2.05, 4.69) is 79.4 Å². The van der Waals surface area contributed by atoms with Gasteiger partial charge in [-0.2, -0.15) is 0 Å². The fraction of sp³-hybridized carbons (Fsp3) is 0.312. The first kappa shape index (κ1) is 15.7. The molecule has 1 heterocycles. The number of benzene rings is 1. The minimum atomic E-state index is 0.286. The molecule has 0 radical (unpaired) electrons. The van der Waals surface area contributed by atoms with Gasteiger partial charge in [-0.3, -0.25) is 4.98 Å². The minimum Gasteiger partial charge on any atom is -0.310 e. The van der Waals surface area contributed by atoms with Gasteiger partial charge in [0.2, 0.25) is 0 Å². The molecule has 0 bridgehead atoms. The Balaban J connectivity index is 2.19. The molecule has 2 nitrogen and oxygen atoms in total. The number of hydrogen-bond donors (Lipinski definition) is 1. The Morgan fingerprint density at radius 3 is 2.70 bits per heavy atom. The van der Waals surface area contributed by atoms with Crippen LogP contribution in [0.25, 0.3) is 0 Å². The van der Waals surface area contributed by atoms with Crippen molar-refractivity contribution in [2.45, 2.75) is 25.8 Å². The van der Waals surface area contributed by atoms with Crippen molar-refractivity contribution >= 4 is 31.9 Å². The summed E-state index contributed by atoms with van der Waals surface area (Å²) in [6.45, 7) is 3.19. The SMILES string of the molecule is CCCNC(Cc1cccc(Br)c1)c1cncc(Br)c1. The van der Waals surface area contributed by atoms with E-state index >= 15 is 0 Å². The van der Waals surface area contributed by atoms with E-state index in [0.29, 0.717) is 0 Å². The van der Waals surface area contributed by atoms with Crippen LogP contribution in [-0.2, 0) is 6.42 Å². The average Bonchev–Trinajstić information content (AvgIpc) is 2.43. The van der Waals surface area contributed by atoms with Crippen molar-refractivity contribution in [1.29, 1.82) is 0 Å². The topological polar surface area (TPSA) is 24.9 Å². The summed E-state index contributed by atoms with van der Waals surface area (Å²) < 4.78 is 2.14. The number of rotatable bonds is 6. The molecule has 0 aliphatic carbocycles. The highest BCUT2D eigenvalue weighted by atomic mass is 79.9. The Hall–Kier alpha value is -0.710. The standard InChI is InChI=1S/C16H18Br2N2/c1-2-6-20-16(13-9-15(18)11-19-10-13)8-12-4-3-5-14(17)7-12/h3-5,7,9-11,16,20H,2,6,8H2,1H3. The van der Waals surface area contributed by atoms with Gasteiger partial charge in [0.1, 0.15) is 0 Å². The Kier molecular flexibility index (Phi) is 6.20. The lowest BCUT2D eigenvalue weighted by Crippen LogP contribution is -2.24. The molecule has 0 fully saturated rings. The lowest BCUT2D eigenvalue weighted by atomic mass is 10.00. The maximum atomic E-state index is 4.28. The fourth-order valence-corrected chi connectivity index (χ4v) is 2.97. The first-order valence-corrected chi connectivity index (χ1v) is 8.36. The summed E-state index contributed by atoms with van der Waals surface area (Å²) in [5.41, 5.74) is 2.53. The molecule has 0 aliphatic heterocycles. The van der Waals surface area contributed by atoms with Gasteiger partial charge in [0.15, 0.2) is 0 Å². The van der Waals surface area contributed by atoms with Crippen LogP contribution in [0.1, 0.15) is 30.5 Å². The van der Waals surface area contributed by atoms with Crippen LogP contribution in [-0.4, -0.2) is 11.5 Å². The van der Waals surface area contributed by atoms with E-state index < -0.39 is 0 Å². The summed E-state index contributed by atoms with van der Waals surface area (Å²) in [5, 5.41) is 3.60. The molecule has 1 aromatic carbocycles. The van der Waals surface area contributed by atoms with E-state index in [0.717, 1.165) is 28.3 Å². The van der Waals surface area contributed by atoms with Gasteiger partial charge in [-0.1, -0.05) is 35.0 Å². The third-order valence-electron chi connectivity index (χ3n) is 3.10. The summed E-state index contributed by atoms with van der Waals surface area (Å²) in [7, 11) is 0. The van der Waals surface area contributed by atoms with Crippen molar-refractivity contribution in [3.8, 4) is 0 Å². The highest BCUT2D eigenvalue weighted by Gasteiger charge is 2.12. The van der Waals surface area contributed by atoms with Crippen LogP contribution < -0.4 is 5.32 Å². The second-order valence-electron chi connectivity index (χ2n) is 4.78. The first-order chi connectivity index (χ1) is 9.69. The van der Waals surface area contributed by atoms with E-state index in [4.69, 9.17) is 0 Å². The van der Waals surface area contributed by atoms with Crippen LogP contribution in [0.15, 0.2) is 51.7 Å². The van der Waals surface area contributed by atoms with Gasteiger partial charge < -0.3 is 5.32 Å².